The number of carbonyl (C=O) groups is 1. The maximum atomic E-state index is 12.8. The lowest BCUT2D eigenvalue weighted by Crippen LogP contribution is -2.48. The quantitative estimate of drug-likeness (QED) is 0.855. The van der Waals surface area contributed by atoms with Crippen LogP contribution in [0.1, 0.15) is 41.0 Å². The minimum atomic E-state index is -0.311. The molecular formula is C18H22N6O2. The third kappa shape index (κ3) is 2.75. The zero-order chi connectivity index (χ0) is 18.3. The third-order valence-electron chi connectivity index (χ3n) is 5.39. The van der Waals surface area contributed by atoms with Crippen LogP contribution in [0.15, 0.2) is 23.1 Å². The van der Waals surface area contributed by atoms with E-state index in [-0.39, 0.29) is 22.6 Å². The first kappa shape index (κ1) is 16.7. The monoisotopic (exact) mass is 354 g/mol. The molecule has 8 nitrogen and oxygen atoms in total. The number of aryl methyl sites for hydroxylation is 1. The Hall–Kier alpha value is -2.77. The molecule has 1 aliphatic heterocycles. The lowest BCUT2D eigenvalue weighted by atomic mass is 9.77. The van der Waals surface area contributed by atoms with Gasteiger partial charge in [-0.1, -0.05) is 0 Å². The molecule has 1 N–H and O–H groups in total. The van der Waals surface area contributed by atoms with Crippen molar-refractivity contribution in [1.29, 1.82) is 0 Å². The highest BCUT2D eigenvalue weighted by Crippen LogP contribution is 2.44. The van der Waals surface area contributed by atoms with Gasteiger partial charge in [-0.05, 0) is 37.3 Å². The summed E-state index contributed by atoms with van der Waals surface area (Å²) in [4.78, 5) is 37.0. The molecule has 26 heavy (non-hydrogen) atoms. The summed E-state index contributed by atoms with van der Waals surface area (Å²) in [6, 6.07) is 2.82. The van der Waals surface area contributed by atoms with E-state index in [0.29, 0.717) is 19.0 Å². The van der Waals surface area contributed by atoms with E-state index in [1.807, 2.05) is 30.1 Å². The molecule has 3 heterocycles. The molecular weight excluding hydrogens is 332 g/mol. The highest BCUT2D eigenvalue weighted by atomic mass is 16.2. The molecule has 0 bridgehead atoms. The molecule has 1 saturated heterocycles. The van der Waals surface area contributed by atoms with E-state index < -0.39 is 0 Å². The number of piperidine rings is 1. The zero-order valence-corrected chi connectivity index (χ0v) is 15.0. The van der Waals surface area contributed by atoms with E-state index in [1.165, 1.54) is 17.7 Å². The Labute approximate surface area is 151 Å². The lowest BCUT2D eigenvalue weighted by molar-refractivity contribution is 0.0626. The van der Waals surface area contributed by atoms with Crippen molar-refractivity contribution in [3.63, 3.8) is 0 Å². The Balaban J connectivity index is 1.64. The smallest absolute Gasteiger partial charge is 0.274 e. The number of anilines is 1. The average molecular weight is 354 g/mol. The SMILES string of the molecule is CN(C)c1ncc2c(n1)C1(CCCN(C(=O)c3ccc(=O)[nH]n3)C1)CC2. The van der Waals surface area contributed by atoms with Crippen LogP contribution >= 0.6 is 0 Å². The first-order valence-corrected chi connectivity index (χ1v) is 8.87. The standard InChI is InChI=1S/C18H22N6O2/c1-23(2)17-19-10-12-6-8-18(15(12)20-17)7-3-9-24(11-18)16(26)13-4-5-14(25)22-21-13/h4-5,10H,3,6-9,11H2,1-2H3,(H,22,25). The van der Waals surface area contributed by atoms with Crippen molar-refractivity contribution in [2.45, 2.75) is 31.1 Å². The second kappa shape index (κ2) is 6.19. The second-order valence-electron chi connectivity index (χ2n) is 7.36. The van der Waals surface area contributed by atoms with E-state index in [9.17, 15) is 9.59 Å². The molecule has 8 heteroatoms. The van der Waals surface area contributed by atoms with Crippen molar-refractivity contribution in [2.24, 2.45) is 0 Å². The summed E-state index contributed by atoms with van der Waals surface area (Å²) in [7, 11) is 3.86. The Morgan fingerprint density at radius 3 is 2.88 bits per heavy atom. The van der Waals surface area contributed by atoms with Crippen molar-refractivity contribution in [2.75, 3.05) is 32.1 Å². The van der Waals surface area contributed by atoms with Crippen LogP contribution in [0.2, 0.25) is 0 Å². The molecule has 1 aliphatic carbocycles. The number of hydrogen-bond acceptors (Lipinski definition) is 6. The van der Waals surface area contributed by atoms with E-state index in [0.717, 1.165) is 31.4 Å². The number of nitrogens with one attached hydrogen (secondary N) is 1. The van der Waals surface area contributed by atoms with Gasteiger partial charge in [0.2, 0.25) is 5.95 Å². The van der Waals surface area contributed by atoms with E-state index in [4.69, 9.17) is 4.98 Å². The molecule has 0 aromatic carbocycles. The number of likely N-dealkylation sites (tertiary alicyclic amines) is 1. The Morgan fingerprint density at radius 2 is 2.15 bits per heavy atom. The largest absolute Gasteiger partial charge is 0.347 e. The molecule has 0 radical (unpaired) electrons. The molecule has 1 atom stereocenters. The third-order valence-corrected chi connectivity index (χ3v) is 5.39. The van der Waals surface area contributed by atoms with Gasteiger partial charge < -0.3 is 9.80 Å². The highest BCUT2D eigenvalue weighted by Gasteiger charge is 2.45. The Bertz CT molecular complexity index is 884. The van der Waals surface area contributed by atoms with Crippen molar-refractivity contribution in [1.82, 2.24) is 25.1 Å². The van der Waals surface area contributed by atoms with E-state index in [1.54, 1.807) is 0 Å². The van der Waals surface area contributed by atoms with Gasteiger partial charge in [0.25, 0.3) is 11.5 Å². The van der Waals surface area contributed by atoms with Gasteiger partial charge >= 0.3 is 0 Å². The van der Waals surface area contributed by atoms with Crippen LogP contribution in [0.4, 0.5) is 5.95 Å². The van der Waals surface area contributed by atoms with Crippen LogP contribution in [0.5, 0.6) is 0 Å². The fourth-order valence-corrected chi connectivity index (χ4v) is 4.08. The number of H-pyrrole nitrogens is 1. The molecule has 1 fully saturated rings. The van der Waals surface area contributed by atoms with E-state index in [2.05, 4.69) is 15.2 Å². The molecule has 2 aliphatic rings. The van der Waals surface area contributed by atoms with Gasteiger partial charge in [0.05, 0.1) is 5.69 Å². The maximum Gasteiger partial charge on any atom is 0.274 e. The average Bonchev–Trinajstić information content (AvgIpc) is 2.99. The second-order valence-corrected chi connectivity index (χ2v) is 7.36. The number of amides is 1. The van der Waals surface area contributed by atoms with Gasteiger partial charge in [-0.15, -0.1) is 0 Å². The van der Waals surface area contributed by atoms with Crippen molar-refractivity contribution >= 4 is 11.9 Å². The summed E-state index contributed by atoms with van der Waals surface area (Å²) in [6.07, 6.45) is 5.80. The van der Waals surface area contributed by atoms with Crippen molar-refractivity contribution in [3.05, 3.63) is 45.6 Å². The number of aromatic nitrogens is 4. The molecule has 2 aromatic rings. The fourth-order valence-electron chi connectivity index (χ4n) is 4.08. The number of carbonyl (C=O) groups excluding carboxylic acids is 1. The molecule has 136 valence electrons. The Kier molecular flexibility index (Phi) is 3.97. The van der Waals surface area contributed by atoms with Crippen molar-refractivity contribution in [3.8, 4) is 0 Å². The van der Waals surface area contributed by atoms with Gasteiger partial charge in [0, 0.05) is 44.9 Å². The van der Waals surface area contributed by atoms with Gasteiger partial charge in [-0.3, -0.25) is 9.59 Å². The van der Waals surface area contributed by atoms with Gasteiger partial charge in [-0.2, -0.15) is 5.10 Å². The predicted molar refractivity (Wildman–Crippen MR) is 96.4 cm³/mol. The molecule has 4 rings (SSSR count). The van der Waals surface area contributed by atoms with Crippen LogP contribution in [0.25, 0.3) is 0 Å². The predicted octanol–water partition coefficient (Wildman–Crippen LogP) is 0.746. The lowest BCUT2D eigenvalue weighted by Gasteiger charge is -2.40. The molecule has 1 spiro atoms. The van der Waals surface area contributed by atoms with Crippen LogP contribution in [-0.2, 0) is 11.8 Å². The zero-order valence-electron chi connectivity index (χ0n) is 15.0. The normalized spacial score (nSPS) is 21.7. The summed E-state index contributed by atoms with van der Waals surface area (Å²) in [5.41, 5.74) is 2.13. The topological polar surface area (TPSA) is 95.1 Å². The number of fused-ring (bicyclic) bond motifs is 2. The van der Waals surface area contributed by atoms with Crippen LogP contribution in [0, 0.1) is 0 Å². The minimum Gasteiger partial charge on any atom is -0.347 e. The summed E-state index contributed by atoms with van der Waals surface area (Å²) in [6.45, 7) is 1.33. The van der Waals surface area contributed by atoms with Crippen LogP contribution < -0.4 is 10.5 Å². The van der Waals surface area contributed by atoms with E-state index >= 15 is 0 Å². The molecule has 2 aromatic heterocycles. The highest BCUT2D eigenvalue weighted by molar-refractivity contribution is 5.92. The van der Waals surface area contributed by atoms with Crippen molar-refractivity contribution < 1.29 is 4.79 Å². The van der Waals surface area contributed by atoms with Gasteiger partial charge in [0.1, 0.15) is 5.69 Å². The van der Waals surface area contributed by atoms with Crippen LogP contribution in [-0.4, -0.2) is 58.2 Å². The number of hydrogen-bond donors (Lipinski definition) is 1. The summed E-state index contributed by atoms with van der Waals surface area (Å²) < 4.78 is 0. The summed E-state index contributed by atoms with van der Waals surface area (Å²) >= 11 is 0. The Morgan fingerprint density at radius 1 is 1.31 bits per heavy atom. The first-order chi connectivity index (χ1) is 12.5. The summed E-state index contributed by atoms with van der Waals surface area (Å²) in [5, 5.41) is 6.23. The number of rotatable bonds is 2. The fraction of sp³-hybridized carbons (Fsp3) is 0.500. The minimum absolute atomic E-state index is 0.112. The van der Waals surface area contributed by atoms with Gasteiger partial charge in [0.15, 0.2) is 0 Å². The summed E-state index contributed by atoms with van der Waals surface area (Å²) in [5.74, 6) is 0.562. The molecule has 1 amide bonds. The van der Waals surface area contributed by atoms with Gasteiger partial charge in [-0.25, -0.2) is 15.1 Å². The number of nitrogens with zero attached hydrogens (tertiary/aromatic N) is 5. The molecule has 1 unspecified atom stereocenters. The first-order valence-electron chi connectivity index (χ1n) is 8.87. The molecule has 0 saturated carbocycles. The maximum absolute atomic E-state index is 12.8. The van der Waals surface area contributed by atoms with Crippen LogP contribution in [0.3, 0.4) is 0 Å². The number of aromatic amines is 1.